The van der Waals surface area contributed by atoms with Crippen LogP contribution in [0.5, 0.6) is 0 Å². The molecule has 0 saturated carbocycles. The standard InChI is InChI=1S/C7H20N4O/c8-1-3-10-5-7(12)6-11-4-2-9/h7,10-12H,1-6,8-9H2. The molecule has 5 heteroatoms. The summed E-state index contributed by atoms with van der Waals surface area (Å²) in [4.78, 5) is 0. The number of rotatable bonds is 8. The van der Waals surface area contributed by atoms with Gasteiger partial charge in [0, 0.05) is 39.3 Å². The smallest absolute Gasteiger partial charge is 0.0788 e. The molecule has 0 aliphatic carbocycles. The molecule has 0 aromatic heterocycles. The molecule has 0 rings (SSSR count). The zero-order valence-electron chi connectivity index (χ0n) is 7.42. The van der Waals surface area contributed by atoms with Crippen molar-refractivity contribution in [1.29, 1.82) is 0 Å². The van der Waals surface area contributed by atoms with E-state index in [0.717, 1.165) is 13.1 Å². The van der Waals surface area contributed by atoms with Crippen LogP contribution < -0.4 is 22.1 Å². The first-order chi connectivity index (χ1) is 5.81. The number of hydrogen-bond acceptors (Lipinski definition) is 5. The Balaban J connectivity index is 3.04. The molecule has 0 amide bonds. The summed E-state index contributed by atoms with van der Waals surface area (Å²) in [5.74, 6) is 0. The van der Waals surface area contributed by atoms with Crippen LogP contribution in [0.4, 0.5) is 0 Å². The zero-order chi connectivity index (χ0) is 9.23. The van der Waals surface area contributed by atoms with E-state index in [4.69, 9.17) is 11.5 Å². The number of aliphatic hydroxyl groups is 1. The van der Waals surface area contributed by atoms with Crippen LogP contribution in [0.15, 0.2) is 0 Å². The van der Waals surface area contributed by atoms with Gasteiger partial charge in [-0.3, -0.25) is 0 Å². The van der Waals surface area contributed by atoms with Gasteiger partial charge < -0.3 is 27.2 Å². The largest absolute Gasteiger partial charge is 0.390 e. The first-order valence-electron chi connectivity index (χ1n) is 4.31. The Hall–Kier alpha value is -0.200. The second-order valence-corrected chi connectivity index (χ2v) is 2.64. The molecule has 7 N–H and O–H groups in total. The highest BCUT2D eigenvalue weighted by Crippen LogP contribution is 1.75. The third-order valence-corrected chi connectivity index (χ3v) is 1.40. The van der Waals surface area contributed by atoms with E-state index in [-0.39, 0.29) is 6.10 Å². The minimum Gasteiger partial charge on any atom is -0.390 e. The highest BCUT2D eigenvalue weighted by atomic mass is 16.3. The minimum absolute atomic E-state index is 0.358. The van der Waals surface area contributed by atoms with Gasteiger partial charge >= 0.3 is 0 Å². The van der Waals surface area contributed by atoms with Gasteiger partial charge in [-0.25, -0.2) is 0 Å². The van der Waals surface area contributed by atoms with Crippen LogP contribution in [-0.4, -0.2) is 50.5 Å². The Morgan fingerprint density at radius 3 is 1.75 bits per heavy atom. The molecule has 0 radical (unpaired) electrons. The monoisotopic (exact) mass is 176 g/mol. The van der Waals surface area contributed by atoms with Crippen molar-refractivity contribution in [2.75, 3.05) is 39.3 Å². The fraction of sp³-hybridized carbons (Fsp3) is 1.00. The number of hydrogen-bond donors (Lipinski definition) is 5. The van der Waals surface area contributed by atoms with E-state index in [9.17, 15) is 5.11 Å². The van der Waals surface area contributed by atoms with Crippen molar-refractivity contribution in [2.24, 2.45) is 11.5 Å². The van der Waals surface area contributed by atoms with Crippen molar-refractivity contribution >= 4 is 0 Å². The van der Waals surface area contributed by atoms with E-state index in [1.54, 1.807) is 0 Å². The van der Waals surface area contributed by atoms with Crippen LogP contribution >= 0.6 is 0 Å². The fourth-order valence-electron chi connectivity index (χ4n) is 0.814. The quantitative estimate of drug-likeness (QED) is 0.262. The highest BCUT2D eigenvalue weighted by molar-refractivity contribution is 4.62. The third-order valence-electron chi connectivity index (χ3n) is 1.40. The second-order valence-electron chi connectivity index (χ2n) is 2.64. The highest BCUT2D eigenvalue weighted by Gasteiger charge is 2.00. The third kappa shape index (κ3) is 7.90. The van der Waals surface area contributed by atoms with Crippen molar-refractivity contribution in [3.8, 4) is 0 Å². The molecule has 0 aromatic carbocycles. The maximum absolute atomic E-state index is 9.30. The lowest BCUT2D eigenvalue weighted by Gasteiger charge is -2.11. The maximum atomic E-state index is 9.30. The summed E-state index contributed by atoms with van der Waals surface area (Å²) in [6.45, 7) is 3.84. The normalized spacial score (nSPS) is 11.0. The Kier molecular flexibility index (Phi) is 8.74. The lowest BCUT2D eigenvalue weighted by atomic mass is 10.3. The summed E-state index contributed by atoms with van der Waals surface area (Å²) in [7, 11) is 0. The van der Waals surface area contributed by atoms with Crippen molar-refractivity contribution < 1.29 is 5.11 Å². The van der Waals surface area contributed by atoms with Gasteiger partial charge in [0.05, 0.1) is 6.10 Å². The minimum atomic E-state index is -0.358. The van der Waals surface area contributed by atoms with Crippen LogP contribution in [0.1, 0.15) is 0 Å². The Labute approximate surface area is 73.5 Å². The molecule has 0 spiro atoms. The van der Waals surface area contributed by atoms with Gasteiger partial charge in [0.1, 0.15) is 0 Å². The summed E-state index contributed by atoms with van der Waals surface area (Å²) >= 11 is 0. The SMILES string of the molecule is NCCNCC(O)CNCCN. The van der Waals surface area contributed by atoms with E-state index in [2.05, 4.69) is 10.6 Å². The molecule has 0 atom stereocenters. The summed E-state index contributed by atoms with van der Waals surface area (Å²) in [5.41, 5.74) is 10.5. The van der Waals surface area contributed by atoms with Gasteiger partial charge in [0.2, 0.25) is 0 Å². The van der Waals surface area contributed by atoms with Crippen LogP contribution in [-0.2, 0) is 0 Å². The first kappa shape index (κ1) is 11.8. The molecule has 0 aromatic rings. The van der Waals surface area contributed by atoms with E-state index in [1.165, 1.54) is 0 Å². The molecule has 74 valence electrons. The predicted molar refractivity (Wildman–Crippen MR) is 49.9 cm³/mol. The predicted octanol–water partition coefficient (Wildman–Crippen LogP) is -2.56. The van der Waals surface area contributed by atoms with Gasteiger partial charge in [-0.15, -0.1) is 0 Å². The molecule has 0 aliphatic rings. The topological polar surface area (TPSA) is 96.3 Å². The number of nitrogens with two attached hydrogens (primary N) is 2. The van der Waals surface area contributed by atoms with Gasteiger partial charge in [-0.2, -0.15) is 0 Å². The maximum Gasteiger partial charge on any atom is 0.0788 e. The lowest BCUT2D eigenvalue weighted by Crippen LogP contribution is -2.38. The van der Waals surface area contributed by atoms with Crippen LogP contribution in [0.3, 0.4) is 0 Å². The van der Waals surface area contributed by atoms with Gasteiger partial charge in [0.15, 0.2) is 0 Å². The summed E-state index contributed by atoms with van der Waals surface area (Å²) in [6, 6.07) is 0. The molecule has 0 unspecified atom stereocenters. The summed E-state index contributed by atoms with van der Waals surface area (Å²) < 4.78 is 0. The van der Waals surface area contributed by atoms with E-state index < -0.39 is 0 Å². The van der Waals surface area contributed by atoms with Gasteiger partial charge in [0.25, 0.3) is 0 Å². The Morgan fingerprint density at radius 1 is 1.00 bits per heavy atom. The van der Waals surface area contributed by atoms with Crippen molar-refractivity contribution in [1.82, 2.24) is 10.6 Å². The first-order valence-corrected chi connectivity index (χ1v) is 4.31. The zero-order valence-corrected chi connectivity index (χ0v) is 7.42. The molecule has 5 nitrogen and oxygen atoms in total. The molecule has 0 fully saturated rings. The lowest BCUT2D eigenvalue weighted by molar-refractivity contribution is 0.169. The van der Waals surface area contributed by atoms with Crippen molar-refractivity contribution in [2.45, 2.75) is 6.10 Å². The summed E-state index contributed by atoms with van der Waals surface area (Å²) in [6.07, 6.45) is -0.358. The second kappa shape index (κ2) is 8.89. The Bertz CT molecular complexity index is 81.5. The van der Waals surface area contributed by atoms with E-state index >= 15 is 0 Å². The molecular formula is C7H20N4O. The number of nitrogens with one attached hydrogen (secondary N) is 2. The van der Waals surface area contributed by atoms with E-state index in [0.29, 0.717) is 26.2 Å². The van der Waals surface area contributed by atoms with E-state index in [1.807, 2.05) is 0 Å². The molecule has 0 saturated heterocycles. The molecule has 0 heterocycles. The van der Waals surface area contributed by atoms with Crippen LogP contribution in [0, 0.1) is 0 Å². The van der Waals surface area contributed by atoms with Crippen molar-refractivity contribution in [3.05, 3.63) is 0 Å². The molecular weight excluding hydrogens is 156 g/mol. The summed E-state index contributed by atoms with van der Waals surface area (Å²) in [5, 5.41) is 15.3. The average molecular weight is 176 g/mol. The van der Waals surface area contributed by atoms with Crippen LogP contribution in [0.25, 0.3) is 0 Å². The molecule has 0 aliphatic heterocycles. The molecule has 0 bridgehead atoms. The van der Waals surface area contributed by atoms with Gasteiger partial charge in [-0.05, 0) is 0 Å². The number of aliphatic hydroxyl groups excluding tert-OH is 1. The van der Waals surface area contributed by atoms with Gasteiger partial charge in [-0.1, -0.05) is 0 Å². The average Bonchev–Trinajstić information content (AvgIpc) is 2.06. The fourth-order valence-corrected chi connectivity index (χ4v) is 0.814. The van der Waals surface area contributed by atoms with Crippen molar-refractivity contribution in [3.63, 3.8) is 0 Å². The Morgan fingerprint density at radius 2 is 1.42 bits per heavy atom. The van der Waals surface area contributed by atoms with Crippen LogP contribution in [0.2, 0.25) is 0 Å². The molecule has 12 heavy (non-hydrogen) atoms.